The number of hydrogen-bond acceptors (Lipinski definition) is 1. The van der Waals surface area contributed by atoms with Crippen molar-refractivity contribution < 1.29 is 0 Å². The van der Waals surface area contributed by atoms with E-state index in [1.807, 2.05) is 0 Å². The van der Waals surface area contributed by atoms with Crippen LogP contribution in [0.2, 0.25) is 0 Å². The zero-order valence-corrected chi connectivity index (χ0v) is 9.83. The van der Waals surface area contributed by atoms with Crippen LogP contribution < -0.4 is 0 Å². The van der Waals surface area contributed by atoms with Crippen molar-refractivity contribution in [2.75, 3.05) is 20.1 Å². The fourth-order valence-electron chi connectivity index (χ4n) is 2.37. The van der Waals surface area contributed by atoms with E-state index >= 15 is 0 Å². The van der Waals surface area contributed by atoms with Gasteiger partial charge in [0.05, 0.1) is 0 Å². The molecule has 1 atom stereocenters. The van der Waals surface area contributed by atoms with Gasteiger partial charge in [0.15, 0.2) is 0 Å². The van der Waals surface area contributed by atoms with Crippen LogP contribution in [0.4, 0.5) is 0 Å². The molecule has 0 saturated carbocycles. The average Bonchev–Trinajstić information content (AvgIpc) is 2.20. The molecule has 0 amide bonds. The van der Waals surface area contributed by atoms with Gasteiger partial charge >= 0.3 is 0 Å². The van der Waals surface area contributed by atoms with Crippen LogP contribution in [0.25, 0.3) is 5.57 Å². The van der Waals surface area contributed by atoms with Crippen molar-refractivity contribution in [2.45, 2.75) is 13.8 Å². The molecule has 0 saturated heterocycles. The average molecular weight is 201 g/mol. The molecule has 1 nitrogen and oxygen atoms in total. The van der Waals surface area contributed by atoms with E-state index in [1.165, 1.54) is 23.2 Å². The summed E-state index contributed by atoms with van der Waals surface area (Å²) in [6.45, 7) is 6.75. The molecule has 0 fully saturated rings. The number of hydrogen-bond donors (Lipinski definition) is 0. The molecule has 15 heavy (non-hydrogen) atoms. The van der Waals surface area contributed by atoms with Gasteiger partial charge in [0.25, 0.3) is 0 Å². The molecule has 80 valence electrons. The van der Waals surface area contributed by atoms with Crippen LogP contribution in [0, 0.1) is 12.8 Å². The van der Waals surface area contributed by atoms with Gasteiger partial charge in [0.1, 0.15) is 0 Å². The quantitative estimate of drug-likeness (QED) is 0.675. The lowest BCUT2D eigenvalue weighted by atomic mass is 9.88. The number of rotatable bonds is 1. The molecule has 0 bridgehead atoms. The molecule has 2 rings (SSSR count). The molecule has 1 unspecified atom stereocenters. The highest BCUT2D eigenvalue weighted by Crippen LogP contribution is 2.28. The lowest BCUT2D eigenvalue weighted by Gasteiger charge is -2.28. The van der Waals surface area contributed by atoms with Crippen molar-refractivity contribution in [2.24, 2.45) is 5.92 Å². The van der Waals surface area contributed by atoms with Gasteiger partial charge in [-0.1, -0.05) is 37.3 Å². The summed E-state index contributed by atoms with van der Waals surface area (Å²) in [5.41, 5.74) is 4.34. The monoisotopic (exact) mass is 201 g/mol. The van der Waals surface area contributed by atoms with Crippen molar-refractivity contribution in [3.05, 3.63) is 41.5 Å². The first-order valence-corrected chi connectivity index (χ1v) is 5.63. The summed E-state index contributed by atoms with van der Waals surface area (Å²) in [5, 5.41) is 0. The molecule has 1 aromatic rings. The molecule has 0 N–H and O–H groups in total. The molecule has 1 heteroatoms. The van der Waals surface area contributed by atoms with Crippen LogP contribution in [0.3, 0.4) is 0 Å². The largest absolute Gasteiger partial charge is 0.302 e. The first-order valence-electron chi connectivity index (χ1n) is 5.63. The van der Waals surface area contributed by atoms with Gasteiger partial charge in [0.2, 0.25) is 0 Å². The van der Waals surface area contributed by atoms with Crippen LogP contribution in [-0.2, 0) is 0 Å². The first-order chi connectivity index (χ1) is 7.18. The number of aryl methyl sites for hydroxylation is 1. The zero-order chi connectivity index (χ0) is 10.8. The summed E-state index contributed by atoms with van der Waals surface area (Å²) in [6, 6.07) is 8.68. The van der Waals surface area contributed by atoms with E-state index in [2.05, 4.69) is 56.1 Å². The van der Waals surface area contributed by atoms with E-state index in [1.54, 1.807) is 0 Å². The van der Waals surface area contributed by atoms with E-state index in [0.717, 1.165) is 6.54 Å². The molecule has 0 radical (unpaired) electrons. The smallest absolute Gasteiger partial charge is 0.0166 e. The Morgan fingerprint density at radius 2 is 2.00 bits per heavy atom. The Labute approximate surface area is 92.4 Å². The molecule has 1 aliphatic heterocycles. The Morgan fingerprint density at radius 3 is 2.67 bits per heavy atom. The second-order valence-electron chi connectivity index (χ2n) is 4.60. The van der Waals surface area contributed by atoms with E-state index < -0.39 is 0 Å². The first kappa shape index (κ1) is 10.4. The van der Waals surface area contributed by atoms with Gasteiger partial charge in [-0.15, -0.1) is 0 Å². The highest BCUT2D eigenvalue weighted by molar-refractivity contribution is 5.70. The fourth-order valence-corrected chi connectivity index (χ4v) is 2.37. The topological polar surface area (TPSA) is 3.24 Å². The van der Waals surface area contributed by atoms with Crippen LogP contribution in [0.5, 0.6) is 0 Å². The van der Waals surface area contributed by atoms with Crippen molar-refractivity contribution in [1.29, 1.82) is 0 Å². The van der Waals surface area contributed by atoms with Gasteiger partial charge in [0, 0.05) is 13.1 Å². The standard InChI is InChI=1S/C14H19N/c1-11-6-4-5-7-13(11)14-8-9-15(3)10-12(14)2/h4-8,12H,9-10H2,1-3H3. The second-order valence-corrected chi connectivity index (χ2v) is 4.60. The summed E-state index contributed by atoms with van der Waals surface area (Å²) >= 11 is 0. The van der Waals surface area contributed by atoms with E-state index in [-0.39, 0.29) is 0 Å². The van der Waals surface area contributed by atoms with E-state index in [4.69, 9.17) is 0 Å². The summed E-state index contributed by atoms with van der Waals surface area (Å²) < 4.78 is 0. The zero-order valence-electron chi connectivity index (χ0n) is 9.83. The summed E-state index contributed by atoms with van der Waals surface area (Å²) in [5.74, 6) is 0.643. The number of benzene rings is 1. The van der Waals surface area contributed by atoms with Crippen molar-refractivity contribution in [3.8, 4) is 0 Å². The maximum absolute atomic E-state index is 2.37. The molecule has 1 aromatic carbocycles. The minimum absolute atomic E-state index is 0.643. The molecule has 1 aliphatic rings. The summed E-state index contributed by atoms with van der Waals surface area (Å²) in [4.78, 5) is 2.37. The Bertz CT molecular complexity index is 379. The van der Waals surface area contributed by atoms with Crippen molar-refractivity contribution >= 4 is 5.57 Å². The molecular formula is C14H19N. The van der Waals surface area contributed by atoms with Crippen molar-refractivity contribution in [1.82, 2.24) is 4.90 Å². The van der Waals surface area contributed by atoms with Gasteiger partial charge in [-0.3, -0.25) is 0 Å². The summed E-state index contributed by atoms with van der Waals surface area (Å²) in [6.07, 6.45) is 2.37. The van der Waals surface area contributed by atoms with Crippen LogP contribution in [0.15, 0.2) is 30.3 Å². The highest BCUT2D eigenvalue weighted by atomic mass is 15.1. The molecule has 0 aliphatic carbocycles. The van der Waals surface area contributed by atoms with Crippen molar-refractivity contribution in [3.63, 3.8) is 0 Å². The minimum atomic E-state index is 0.643. The van der Waals surface area contributed by atoms with Gasteiger partial charge < -0.3 is 4.90 Å². The normalized spacial score (nSPS) is 22.6. The number of nitrogens with zero attached hydrogens (tertiary/aromatic N) is 1. The predicted molar refractivity (Wildman–Crippen MR) is 65.8 cm³/mol. The van der Waals surface area contributed by atoms with E-state index in [0.29, 0.717) is 5.92 Å². The Morgan fingerprint density at radius 1 is 1.27 bits per heavy atom. The molecule has 0 spiro atoms. The van der Waals surface area contributed by atoms with Crippen LogP contribution >= 0.6 is 0 Å². The third kappa shape index (κ3) is 2.13. The molecular weight excluding hydrogens is 182 g/mol. The minimum Gasteiger partial charge on any atom is -0.302 e. The third-order valence-corrected chi connectivity index (χ3v) is 3.20. The Hall–Kier alpha value is -1.08. The second kappa shape index (κ2) is 4.19. The van der Waals surface area contributed by atoms with Gasteiger partial charge in [-0.05, 0) is 36.6 Å². The predicted octanol–water partition coefficient (Wildman–Crippen LogP) is 2.96. The third-order valence-electron chi connectivity index (χ3n) is 3.20. The van der Waals surface area contributed by atoms with Crippen LogP contribution in [-0.4, -0.2) is 25.0 Å². The Balaban J connectivity index is 2.35. The fraction of sp³-hybridized carbons (Fsp3) is 0.429. The maximum Gasteiger partial charge on any atom is 0.0166 e. The summed E-state index contributed by atoms with van der Waals surface area (Å²) in [7, 11) is 2.18. The van der Waals surface area contributed by atoms with Crippen LogP contribution in [0.1, 0.15) is 18.1 Å². The molecule has 1 heterocycles. The maximum atomic E-state index is 2.37. The lowest BCUT2D eigenvalue weighted by Crippen LogP contribution is -2.29. The Kier molecular flexibility index (Phi) is 2.92. The lowest BCUT2D eigenvalue weighted by molar-refractivity contribution is 0.329. The van der Waals surface area contributed by atoms with Gasteiger partial charge in [-0.2, -0.15) is 0 Å². The number of likely N-dealkylation sites (N-methyl/N-ethyl adjacent to an activating group) is 1. The van der Waals surface area contributed by atoms with Gasteiger partial charge in [-0.25, -0.2) is 0 Å². The molecule has 0 aromatic heterocycles. The van der Waals surface area contributed by atoms with E-state index in [9.17, 15) is 0 Å². The highest BCUT2D eigenvalue weighted by Gasteiger charge is 2.18. The SMILES string of the molecule is Cc1ccccc1C1=CCN(C)CC1C.